The lowest BCUT2D eigenvalue weighted by Crippen LogP contribution is -2.33. The maximum absolute atomic E-state index is 6.18. The lowest BCUT2D eigenvalue weighted by Gasteiger charge is -2.36. The van der Waals surface area contributed by atoms with Crippen molar-refractivity contribution in [2.24, 2.45) is 17.8 Å². The summed E-state index contributed by atoms with van der Waals surface area (Å²) in [4.78, 5) is 0. The zero-order valence-electron chi connectivity index (χ0n) is 13.3. The van der Waals surface area contributed by atoms with Crippen molar-refractivity contribution in [1.82, 2.24) is 0 Å². The van der Waals surface area contributed by atoms with Crippen LogP contribution in [0, 0.1) is 17.8 Å². The van der Waals surface area contributed by atoms with E-state index in [1.54, 1.807) is 0 Å². The number of rotatable bonds is 4. The van der Waals surface area contributed by atoms with Crippen LogP contribution >= 0.6 is 0 Å². The topological polar surface area (TPSA) is 9.23 Å². The van der Waals surface area contributed by atoms with Gasteiger partial charge in [-0.2, -0.15) is 0 Å². The van der Waals surface area contributed by atoms with E-state index in [0.717, 1.165) is 5.92 Å². The van der Waals surface area contributed by atoms with Crippen molar-refractivity contribution >= 4 is 5.57 Å². The molecule has 0 amide bonds. The SMILES string of the molecule is C/C(=C\O[C@@H]1C[C@H](C)CC[C@H]1C(C)C)c1ccccc1. The molecule has 0 aromatic heterocycles. The van der Waals surface area contributed by atoms with Crippen LogP contribution in [0.4, 0.5) is 0 Å². The van der Waals surface area contributed by atoms with Crippen molar-refractivity contribution in [2.75, 3.05) is 0 Å². The summed E-state index contributed by atoms with van der Waals surface area (Å²) in [5.74, 6) is 2.20. The number of hydrogen-bond donors (Lipinski definition) is 0. The van der Waals surface area contributed by atoms with E-state index < -0.39 is 0 Å². The van der Waals surface area contributed by atoms with Gasteiger partial charge in [0.05, 0.1) is 6.26 Å². The second-order valence-electron chi connectivity index (χ2n) is 6.67. The van der Waals surface area contributed by atoms with Crippen LogP contribution in [-0.2, 0) is 4.74 Å². The van der Waals surface area contributed by atoms with E-state index >= 15 is 0 Å². The zero-order valence-corrected chi connectivity index (χ0v) is 13.3. The maximum atomic E-state index is 6.18. The smallest absolute Gasteiger partial charge is 0.101 e. The Labute approximate surface area is 124 Å². The summed E-state index contributed by atoms with van der Waals surface area (Å²) >= 11 is 0. The van der Waals surface area contributed by atoms with Crippen LogP contribution in [0.25, 0.3) is 5.57 Å². The van der Waals surface area contributed by atoms with E-state index in [0.29, 0.717) is 17.9 Å². The Morgan fingerprint density at radius 2 is 1.90 bits per heavy atom. The summed E-state index contributed by atoms with van der Waals surface area (Å²) in [5, 5.41) is 0. The van der Waals surface area contributed by atoms with Crippen LogP contribution < -0.4 is 0 Å². The fourth-order valence-electron chi connectivity index (χ4n) is 3.23. The normalized spacial score (nSPS) is 27.6. The highest BCUT2D eigenvalue weighted by atomic mass is 16.5. The van der Waals surface area contributed by atoms with Gasteiger partial charge < -0.3 is 4.74 Å². The average Bonchev–Trinajstić information content (AvgIpc) is 2.45. The van der Waals surface area contributed by atoms with Crippen LogP contribution in [0.15, 0.2) is 36.6 Å². The Morgan fingerprint density at radius 3 is 2.55 bits per heavy atom. The highest BCUT2D eigenvalue weighted by molar-refractivity contribution is 5.62. The van der Waals surface area contributed by atoms with Gasteiger partial charge in [-0.3, -0.25) is 0 Å². The molecule has 1 aliphatic carbocycles. The van der Waals surface area contributed by atoms with Crippen molar-refractivity contribution in [2.45, 2.75) is 53.1 Å². The van der Waals surface area contributed by atoms with Crippen LogP contribution in [-0.4, -0.2) is 6.10 Å². The summed E-state index contributed by atoms with van der Waals surface area (Å²) in [5.41, 5.74) is 2.46. The molecule has 1 nitrogen and oxygen atoms in total. The van der Waals surface area contributed by atoms with Gasteiger partial charge in [-0.05, 0) is 48.7 Å². The van der Waals surface area contributed by atoms with Gasteiger partial charge in [0.25, 0.3) is 0 Å². The molecule has 0 saturated heterocycles. The number of benzene rings is 1. The first-order valence-corrected chi connectivity index (χ1v) is 7.95. The molecule has 0 spiro atoms. The first kappa shape index (κ1) is 15.2. The minimum absolute atomic E-state index is 0.386. The second-order valence-corrected chi connectivity index (χ2v) is 6.67. The third-order valence-corrected chi connectivity index (χ3v) is 4.61. The molecule has 1 aliphatic rings. The summed E-state index contributed by atoms with van der Waals surface area (Å²) in [7, 11) is 0. The zero-order chi connectivity index (χ0) is 14.5. The molecule has 1 aromatic rings. The largest absolute Gasteiger partial charge is 0.497 e. The third-order valence-electron chi connectivity index (χ3n) is 4.61. The monoisotopic (exact) mass is 272 g/mol. The Bertz CT molecular complexity index is 432. The Balaban J connectivity index is 2.03. The van der Waals surface area contributed by atoms with Gasteiger partial charge >= 0.3 is 0 Å². The van der Waals surface area contributed by atoms with Gasteiger partial charge in [-0.25, -0.2) is 0 Å². The minimum atomic E-state index is 0.386. The summed E-state index contributed by atoms with van der Waals surface area (Å²) in [6.07, 6.45) is 6.22. The van der Waals surface area contributed by atoms with Crippen molar-refractivity contribution < 1.29 is 4.74 Å². The van der Waals surface area contributed by atoms with Gasteiger partial charge in [0.2, 0.25) is 0 Å². The molecule has 0 radical (unpaired) electrons. The number of hydrogen-bond acceptors (Lipinski definition) is 1. The second kappa shape index (κ2) is 6.97. The molecule has 0 unspecified atom stereocenters. The molecular weight excluding hydrogens is 244 g/mol. The molecule has 1 aromatic carbocycles. The minimum Gasteiger partial charge on any atom is -0.497 e. The molecule has 1 saturated carbocycles. The first-order chi connectivity index (χ1) is 9.58. The fraction of sp³-hybridized carbons (Fsp3) is 0.579. The molecule has 0 heterocycles. The first-order valence-electron chi connectivity index (χ1n) is 7.95. The van der Waals surface area contributed by atoms with Gasteiger partial charge in [0.1, 0.15) is 6.10 Å². The average molecular weight is 272 g/mol. The van der Waals surface area contributed by atoms with Gasteiger partial charge in [0.15, 0.2) is 0 Å². The molecule has 1 heteroatoms. The molecule has 2 rings (SSSR count). The molecule has 0 aliphatic heterocycles. The van der Waals surface area contributed by atoms with E-state index in [9.17, 15) is 0 Å². The Hall–Kier alpha value is -1.24. The van der Waals surface area contributed by atoms with Crippen LogP contribution in [0.1, 0.15) is 52.5 Å². The van der Waals surface area contributed by atoms with Gasteiger partial charge in [-0.15, -0.1) is 0 Å². The predicted molar refractivity (Wildman–Crippen MR) is 86.3 cm³/mol. The van der Waals surface area contributed by atoms with Gasteiger partial charge in [-0.1, -0.05) is 57.5 Å². The van der Waals surface area contributed by atoms with E-state index in [1.165, 1.54) is 30.4 Å². The Morgan fingerprint density at radius 1 is 1.20 bits per heavy atom. The quantitative estimate of drug-likeness (QED) is 0.655. The van der Waals surface area contributed by atoms with Crippen molar-refractivity contribution in [3.8, 4) is 0 Å². The standard InChI is InChI=1S/C19H28O/c1-14(2)18-11-10-15(3)12-19(18)20-13-16(4)17-8-6-5-7-9-17/h5-9,13-15,18-19H,10-12H2,1-4H3/b16-13+/t15-,18+,19-/m1/s1. The van der Waals surface area contributed by atoms with Crippen molar-refractivity contribution in [1.29, 1.82) is 0 Å². The van der Waals surface area contributed by atoms with Crippen molar-refractivity contribution in [3.63, 3.8) is 0 Å². The number of ether oxygens (including phenoxy) is 1. The fourth-order valence-corrected chi connectivity index (χ4v) is 3.23. The molecule has 20 heavy (non-hydrogen) atoms. The van der Waals surface area contributed by atoms with Crippen LogP contribution in [0.3, 0.4) is 0 Å². The van der Waals surface area contributed by atoms with Crippen molar-refractivity contribution in [3.05, 3.63) is 42.2 Å². The lowest BCUT2D eigenvalue weighted by molar-refractivity contribution is 0.0141. The molecular formula is C19H28O. The van der Waals surface area contributed by atoms with Crippen LogP contribution in [0.2, 0.25) is 0 Å². The van der Waals surface area contributed by atoms with E-state index in [4.69, 9.17) is 4.74 Å². The molecule has 0 N–H and O–H groups in total. The summed E-state index contributed by atoms with van der Waals surface area (Å²) in [6.45, 7) is 9.13. The Kier molecular flexibility index (Phi) is 5.28. The predicted octanol–water partition coefficient (Wildman–Crippen LogP) is 5.52. The number of allylic oxidation sites excluding steroid dienone is 1. The molecule has 3 atom stereocenters. The van der Waals surface area contributed by atoms with E-state index in [2.05, 4.69) is 58.0 Å². The highest BCUT2D eigenvalue weighted by Gasteiger charge is 2.31. The molecule has 0 bridgehead atoms. The van der Waals surface area contributed by atoms with E-state index in [-0.39, 0.29) is 0 Å². The summed E-state index contributed by atoms with van der Waals surface area (Å²) in [6, 6.07) is 10.5. The van der Waals surface area contributed by atoms with Crippen LogP contribution in [0.5, 0.6) is 0 Å². The summed E-state index contributed by atoms with van der Waals surface area (Å²) < 4.78 is 6.18. The van der Waals surface area contributed by atoms with E-state index in [1.807, 2.05) is 6.26 Å². The molecule has 110 valence electrons. The third kappa shape index (κ3) is 3.88. The lowest BCUT2D eigenvalue weighted by atomic mass is 9.75. The highest BCUT2D eigenvalue weighted by Crippen LogP contribution is 2.35. The maximum Gasteiger partial charge on any atom is 0.101 e. The molecule has 1 fully saturated rings. The van der Waals surface area contributed by atoms with Gasteiger partial charge in [0, 0.05) is 0 Å².